The Hall–Kier alpha value is -2.38. The maximum absolute atomic E-state index is 13.0. The van der Waals surface area contributed by atoms with Crippen LogP contribution in [0.15, 0.2) is 59.5 Å². The van der Waals surface area contributed by atoms with Crippen molar-refractivity contribution in [2.75, 3.05) is 32.8 Å². The molecular weight excluding hydrogens is 400 g/mol. The largest absolute Gasteiger partial charge is 0.493 e. The van der Waals surface area contributed by atoms with Crippen LogP contribution >= 0.6 is 0 Å². The number of amides is 1. The molecule has 1 aliphatic heterocycles. The van der Waals surface area contributed by atoms with E-state index in [9.17, 15) is 13.2 Å². The number of rotatable bonds is 6. The van der Waals surface area contributed by atoms with Crippen molar-refractivity contribution in [3.05, 3.63) is 60.2 Å². The Balaban J connectivity index is 1.52. The molecule has 3 rings (SSSR count). The Morgan fingerprint density at radius 1 is 0.933 bits per heavy atom. The van der Waals surface area contributed by atoms with E-state index in [1.54, 1.807) is 17.0 Å². The van der Waals surface area contributed by atoms with Crippen LogP contribution < -0.4 is 4.74 Å². The normalized spacial score (nSPS) is 15.8. The molecule has 1 saturated heterocycles. The van der Waals surface area contributed by atoms with Crippen LogP contribution in [0.25, 0.3) is 0 Å². The van der Waals surface area contributed by atoms with Gasteiger partial charge in [0.15, 0.2) is 0 Å². The molecule has 2 aromatic rings. The predicted octanol–water partition coefficient (Wildman–Crippen LogP) is 3.29. The molecule has 30 heavy (non-hydrogen) atoms. The van der Waals surface area contributed by atoms with Gasteiger partial charge in [0.25, 0.3) is 0 Å². The van der Waals surface area contributed by atoms with E-state index in [1.807, 2.05) is 42.5 Å². The maximum Gasteiger partial charge on any atom is 0.243 e. The van der Waals surface area contributed by atoms with E-state index in [4.69, 9.17) is 4.74 Å². The molecule has 7 heteroatoms. The lowest BCUT2D eigenvalue weighted by molar-refractivity contribution is -0.132. The Morgan fingerprint density at radius 2 is 1.53 bits per heavy atom. The van der Waals surface area contributed by atoms with Gasteiger partial charge >= 0.3 is 0 Å². The van der Waals surface area contributed by atoms with E-state index in [0.717, 1.165) is 11.3 Å². The van der Waals surface area contributed by atoms with Crippen LogP contribution in [0.5, 0.6) is 5.75 Å². The van der Waals surface area contributed by atoms with Crippen molar-refractivity contribution >= 4 is 15.9 Å². The fourth-order valence-electron chi connectivity index (χ4n) is 3.38. The fourth-order valence-corrected chi connectivity index (χ4v) is 4.81. The first kappa shape index (κ1) is 22.3. The van der Waals surface area contributed by atoms with Gasteiger partial charge in [0.1, 0.15) is 5.75 Å². The number of para-hydroxylation sites is 1. The van der Waals surface area contributed by atoms with E-state index in [1.165, 1.54) is 4.31 Å². The molecule has 2 aromatic carbocycles. The molecule has 0 N–H and O–H groups in total. The summed E-state index contributed by atoms with van der Waals surface area (Å²) in [6, 6.07) is 16.5. The Labute approximate surface area is 179 Å². The van der Waals surface area contributed by atoms with Gasteiger partial charge in [-0.1, -0.05) is 51.1 Å². The molecule has 0 aliphatic carbocycles. The number of carbonyl (C=O) groups excluding carboxylic acids is 1. The highest BCUT2D eigenvalue weighted by molar-refractivity contribution is 7.89. The molecule has 1 fully saturated rings. The molecule has 0 spiro atoms. The van der Waals surface area contributed by atoms with Crippen molar-refractivity contribution in [2.24, 2.45) is 0 Å². The Morgan fingerprint density at radius 3 is 2.10 bits per heavy atom. The zero-order valence-corrected chi connectivity index (χ0v) is 18.7. The van der Waals surface area contributed by atoms with E-state index >= 15 is 0 Å². The monoisotopic (exact) mass is 430 g/mol. The summed E-state index contributed by atoms with van der Waals surface area (Å²) >= 11 is 0. The Bertz CT molecular complexity index is 943. The van der Waals surface area contributed by atoms with Crippen LogP contribution in [0.4, 0.5) is 0 Å². The van der Waals surface area contributed by atoms with Gasteiger partial charge in [-0.05, 0) is 35.2 Å². The minimum atomic E-state index is -3.56. The molecule has 0 unspecified atom stereocenters. The number of benzene rings is 2. The first-order chi connectivity index (χ1) is 14.2. The highest BCUT2D eigenvalue weighted by Crippen LogP contribution is 2.25. The molecule has 0 aromatic heterocycles. The molecule has 1 heterocycles. The molecule has 1 aliphatic rings. The Kier molecular flexibility index (Phi) is 6.83. The molecule has 0 radical (unpaired) electrons. The second-order valence-corrected chi connectivity index (χ2v) is 10.4. The molecule has 0 saturated carbocycles. The number of nitrogens with zero attached hydrogens (tertiary/aromatic N) is 2. The summed E-state index contributed by atoms with van der Waals surface area (Å²) in [5, 5.41) is 0. The first-order valence-electron chi connectivity index (χ1n) is 10.2. The van der Waals surface area contributed by atoms with Crippen LogP contribution in [0.3, 0.4) is 0 Å². The minimum Gasteiger partial charge on any atom is -0.493 e. The van der Waals surface area contributed by atoms with Crippen LogP contribution in [0.1, 0.15) is 32.8 Å². The third-order valence-electron chi connectivity index (χ3n) is 5.28. The quantitative estimate of drug-likeness (QED) is 0.705. The average molecular weight is 431 g/mol. The number of piperazine rings is 1. The summed E-state index contributed by atoms with van der Waals surface area (Å²) in [5.74, 6) is 0.719. The zero-order valence-electron chi connectivity index (χ0n) is 17.9. The topological polar surface area (TPSA) is 66.9 Å². The van der Waals surface area contributed by atoms with Crippen LogP contribution in [0.2, 0.25) is 0 Å². The van der Waals surface area contributed by atoms with Gasteiger partial charge in [-0.3, -0.25) is 4.79 Å². The number of sulfonamides is 1. The third kappa shape index (κ3) is 5.40. The molecule has 0 bridgehead atoms. The standard InChI is InChI=1S/C23H30N2O4S/c1-23(2,3)19-9-11-21(12-10-19)30(27,28)25-16-14-24(15-17-25)22(26)13-18-29-20-7-5-4-6-8-20/h4-12H,13-18H2,1-3H3. The summed E-state index contributed by atoms with van der Waals surface area (Å²) in [4.78, 5) is 14.4. The smallest absolute Gasteiger partial charge is 0.243 e. The second-order valence-electron chi connectivity index (χ2n) is 8.47. The third-order valence-corrected chi connectivity index (χ3v) is 7.19. The summed E-state index contributed by atoms with van der Waals surface area (Å²) in [5.41, 5.74) is 1.06. The van der Waals surface area contributed by atoms with E-state index in [2.05, 4.69) is 20.8 Å². The number of hydrogen-bond donors (Lipinski definition) is 0. The lowest BCUT2D eigenvalue weighted by Crippen LogP contribution is -2.50. The van der Waals surface area contributed by atoms with Crippen molar-refractivity contribution in [1.82, 2.24) is 9.21 Å². The van der Waals surface area contributed by atoms with Gasteiger partial charge in [0.2, 0.25) is 15.9 Å². The fraction of sp³-hybridized carbons (Fsp3) is 0.435. The number of ether oxygens (including phenoxy) is 1. The van der Waals surface area contributed by atoms with Crippen LogP contribution in [-0.2, 0) is 20.2 Å². The molecular formula is C23H30N2O4S. The van der Waals surface area contributed by atoms with Gasteiger partial charge in [-0.2, -0.15) is 4.31 Å². The van der Waals surface area contributed by atoms with Crippen molar-refractivity contribution in [3.8, 4) is 5.75 Å². The summed E-state index contributed by atoms with van der Waals surface area (Å²) in [7, 11) is -3.56. The van der Waals surface area contributed by atoms with Crippen molar-refractivity contribution in [2.45, 2.75) is 37.5 Å². The lowest BCUT2D eigenvalue weighted by Gasteiger charge is -2.34. The summed E-state index contributed by atoms with van der Waals surface area (Å²) in [6.07, 6.45) is 0.274. The molecule has 6 nitrogen and oxygen atoms in total. The van der Waals surface area contributed by atoms with Gasteiger partial charge < -0.3 is 9.64 Å². The SMILES string of the molecule is CC(C)(C)c1ccc(S(=O)(=O)N2CCN(C(=O)CCOc3ccccc3)CC2)cc1. The van der Waals surface area contributed by atoms with Gasteiger partial charge in [0.05, 0.1) is 17.9 Å². The van der Waals surface area contributed by atoms with E-state index in [0.29, 0.717) is 37.7 Å². The van der Waals surface area contributed by atoms with Gasteiger partial charge in [-0.25, -0.2) is 8.42 Å². The van der Waals surface area contributed by atoms with Crippen molar-refractivity contribution in [1.29, 1.82) is 0 Å². The second kappa shape index (κ2) is 9.18. The van der Waals surface area contributed by atoms with Gasteiger partial charge in [-0.15, -0.1) is 0 Å². The summed E-state index contributed by atoms with van der Waals surface area (Å²) in [6.45, 7) is 7.98. The molecule has 1 amide bonds. The average Bonchev–Trinajstić information content (AvgIpc) is 2.74. The first-order valence-corrected chi connectivity index (χ1v) is 11.7. The van der Waals surface area contributed by atoms with E-state index in [-0.39, 0.29) is 17.7 Å². The summed E-state index contributed by atoms with van der Waals surface area (Å²) < 4.78 is 33.0. The molecule has 162 valence electrons. The predicted molar refractivity (Wildman–Crippen MR) is 117 cm³/mol. The van der Waals surface area contributed by atoms with Crippen LogP contribution in [-0.4, -0.2) is 56.3 Å². The zero-order chi connectivity index (χ0) is 21.8. The highest BCUT2D eigenvalue weighted by Gasteiger charge is 2.30. The van der Waals surface area contributed by atoms with Crippen LogP contribution in [0, 0.1) is 0 Å². The number of carbonyl (C=O) groups is 1. The maximum atomic E-state index is 13.0. The van der Waals surface area contributed by atoms with Crippen molar-refractivity contribution < 1.29 is 17.9 Å². The van der Waals surface area contributed by atoms with Crippen molar-refractivity contribution in [3.63, 3.8) is 0 Å². The molecule has 0 atom stereocenters. The highest BCUT2D eigenvalue weighted by atomic mass is 32.2. The number of hydrogen-bond acceptors (Lipinski definition) is 4. The lowest BCUT2D eigenvalue weighted by atomic mass is 9.87. The van der Waals surface area contributed by atoms with E-state index < -0.39 is 10.0 Å². The van der Waals surface area contributed by atoms with Gasteiger partial charge in [0, 0.05) is 26.2 Å². The minimum absolute atomic E-state index is 0.0162.